The van der Waals surface area contributed by atoms with Crippen molar-refractivity contribution in [3.8, 4) is 0 Å². The molecule has 1 N–H and O–H groups in total. The largest absolute Gasteiger partial charge is 0.345 e. The van der Waals surface area contributed by atoms with Crippen LogP contribution in [0.1, 0.15) is 40.5 Å². The molecule has 6 heteroatoms. The third-order valence-corrected chi connectivity index (χ3v) is 4.00. The van der Waals surface area contributed by atoms with Crippen molar-refractivity contribution in [3.05, 3.63) is 46.5 Å². The first-order valence-corrected chi connectivity index (χ1v) is 6.95. The third kappa shape index (κ3) is 2.29. The molecule has 1 unspecified atom stereocenters. The molecule has 1 aliphatic carbocycles. The molecule has 1 amide bonds. The highest BCUT2D eigenvalue weighted by Gasteiger charge is 2.25. The Labute approximate surface area is 122 Å². The number of carbonyl (C=O) groups is 1. The second kappa shape index (κ2) is 5.25. The van der Waals surface area contributed by atoms with Gasteiger partial charge < -0.3 is 5.32 Å². The van der Waals surface area contributed by atoms with Crippen molar-refractivity contribution in [2.45, 2.75) is 25.3 Å². The molecular formula is C14H15ClN4O. The van der Waals surface area contributed by atoms with E-state index < -0.39 is 0 Å². The fourth-order valence-corrected chi connectivity index (χ4v) is 2.86. The molecule has 0 aromatic carbocycles. The van der Waals surface area contributed by atoms with E-state index in [0.717, 1.165) is 24.8 Å². The van der Waals surface area contributed by atoms with Crippen molar-refractivity contribution in [2.24, 2.45) is 7.05 Å². The Bertz CT molecular complexity index is 652. The summed E-state index contributed by atoms with van der Waals surface area (Å²) in [5.41, 5.74) is 2.76. The highest BCUT2D eigenvalue weighted by Crippen LogP contribution is 2.29. The van der Waals surface area contributed by atoms with Gasteiger partial charge in [-0.3, -0.25) is 14.5 Å². The molecule has 2 aromatic rings. The van der Waals surface area contributed by atoms with E-state index in [1.54, 1.807) is 12.3 Å². The predicted octanol–water partition coefficient (Wildman–Crippen LogP) is 2.28. The second-order valence-corrected chi connectivity index (χ2v) is 5.35. The average Bonchev–Trinajstić information content (AvgIpc) is 2.82. The van der Waals surface area contributed by atoms with E-state index in [9.17, 15) is 4.79 Å². The first kappa shape index (κ1) is 13.1. The normalized spacial score (nSPS) is 17.6. The van der Waals surface area contributed by atoms with Crippen LogP contribution in [0.15, 0.2) is 24.7 Å². The number of nitrogens with zero attached hydrogens (tertiary/aromatic N) is 3. The van der Waals surface area contributed by atoms with Gasteiger partial charge in [0.05, 0.1) is 22.8 Å². The zero-order chi connectivity index (χ0) is 14.1. The zero-order valence-electron chi connectivity index (χ0n) is 11.1. The topological polar surface area (TPSA) is 59.8 Å². The van der Waals surface area contributed by atoms with Gasteiger partial charge in [-0.25, -0.2) is 0 Å². The van der Waals surface area contributed by atoms with Gasteiger partial charge in [0.2, 0.25) is 0 Å². The van der Waals surface area contributed by atoms with Crippen molar-refractivity contribution < 1.29 is 4.79 Å². The van der Waals surface area contributed by atoms with Gasteiger partial charge in [-0.1, -0.05) is 11.6 Å². The zero-order valence-corrected chi connectivity index (χ0v) is 11.9. The number of aryl methyl sites for hydroxylation is 1. The summed E-state index contributed by atoms with van der Waals surface area (Å²) in [5.74, 6) is -0.167. The molecule has 1 atom stereocenters. The maximum Gasteiger partial charge on any atom is 0.253 e. The number of pyridine rings is 1. The van der Waals surface area contributed by atoms with Gasteiger partial charge in [-0.15, -0.1) is 0 Å². The van der Waals surface area contributed by atoms with Gasteiger partial charge in [0.15, 0.2) is 0 Å². The number of hydrogen-bond donors (Lipinski definition) is 1. The molecule has 3 rings (SSSR count). The van der Waals surface area contributed by atoms with Crippen molar-refractivity contribution in [1.82, 2.24) is 20.1 Å². The Morgan fingerprint density at radius 1 is 1.50 bits per heavy atom. The molecule has 1 aliphatic rings. The molecule has 0 spiro atoms. The molecule has 0 saturated heterocycles. The summed E-state index contributed by atoms with van der Waals surface area (Å²) < 4.78 is 1.88. The number of nitrogens with one attached hydrogen (secondary N) is 1. The maximum absolute atomic E-state index is 12.3. The van der Waals surface area contributed by atoms with Gasteiger partial charge >= 0.3 is 0 Å². The molecule has 0 saturated carbocycles. The number of aromatic nitrogens is 3. The van der Waals surface area contributed by atoms with Crippen LogP contribution in [0.5, 0.6) is 0 Å². The lowest BCUT2D eigenvalue weighted by Crippen LogP contribution is -2.31. The molecular weight excluding hydrogens is 276 g/mol. The Balaban J connectivity index is 1.83. The Kier molecular flexibility index (Phi) is 3.44. The third-order valence-electron chi connectivity index (χ3n) is 3.70. The van der Waals surface area contributed by atoms with Crippen molar-refractivity contribution in [1.29, 1.82) is 0 Å². The van der Waals surface area contributed by atoms with Crippen LogP contribution in [-0.2, 0) is 13.5 Å². The maximum atomic E-state index is 12.3. The van der Waals surface area contributed by atoms with E-state index >= 15 is 0 Å². The minimum atomic E-state index is -0.167. The van der Waals surface area contributed by atoms with Crippen LogP contribution >= 0.6 is 11.6 Å². The lowest BCUT2D eigenvalue weighted by molar-refractivity contribution is 0.0932. The predicted molar refractivity (Wildman–Crippen MR) is 75.6 cm³/mol. The number of halogens is 1. The summed E-state index contributed by atoms with van der Waals surface area (Å²) in [6.07, 6.45) is 7.86. The van der Waals surface area contributed by atoms with Gasteiger partial charge in [0, 0.05) is 30.7 Å². The monoisotopic (exact) mass is 290 g/mol. The summed E-state index contributed by atoms with van der Waals surface area (Å²) in [6.45, 7) is 0. The number of hydrogen-bond acceptors (Lipinski definition) is 3. The van der Waals surface area contributed by atoms with Crippen LogP contribution in [-0.4, -0.2) is 20.7 Å². The highest BCUT2D eigenvalue weighted by atomic mass is 35.5. The van der Waals surface area contributed by atoms with E-state index in [2.05, 4.69) is 15.4 Å². The second-order valence-electron chi connectivity index (χ2n) is 4.94. The first-order valence-electron chi connectivity index (χ1n) is 6.58. The fraction of sp³-hybridized carbons (Fsp3) is 0.357. The van der Waals surface area contributed by atoms with Crippen LogP contribution in [0, 0.1) is 0 Å². The molecule has 5 nitrogen and oxygen atoms in total. The minimum absolute atomic E-state index is 0.00387. The molecule has 0 fully saturated rings. The summed E-state index contributed by atoms with van der Waals surface area (Å²) >= 11 is 6.00. The van der Waals surface area contributed by atoms with Crippen LogP contribution in [0.2, 0.25) is 5.02 Å². The SMILES string of the molecule is Cn1ncc2c1CCCC2NC(=O)c1ccncc1Cl. The Hall–Kier alpha value is -1.88. The lowest BCUT2D eigenvalue weighted by atomic mass is 9.93. The van der Waals surface area contributed by atoms with E-state index in [-0.39, 0.29) is 11.9 Å². The Morgan fingerprint density at radius 2 is 2.35 bits per heavy atom. The van der Waals surface area contributed by atoms with Crippen molar-refractivity contribution in [2.75, 3.05) is 0 Å². The number of carbonyl (C=O) groups excluding carboxylic acids is 1. The van der Waals surface area contributed by atoms with Crippen LogP contribution in [0.25, 0.3) is 0 Å². The highest BCUT2D eigenvalue weighted by molar-refractivity contribution is 6.33. The van der Waals surface area contributed by atoms with Crippen LogP contribution < -0.4 is 5.32 Å². The summed E-state index contributed by atoms with van der Waals surface area (Å²) in [6, 6.07) is 1.63. The van der Waals surface area contributed by atoms with E-state index in [1.165, 1.54) is 11.9 Å². The summed E-state index contributed by atoms with van der Waals surface area (Å²) in [5, 5.41) is 7.68. The standard InChI is InChI=1S/C14H15ClN4O/c1-19-13-4-2-3-12(10(13)7-17-19)18-14(20)9-5-6-16-8-11(9)15/h5-8,12H,2-4H2,1H3,(H,18,20). The van der Waals surface area contributed by atoms with Gasteiger partial charge in [-0.2, -0.15) is 5.10 Å². The smallest absolute Gasteiger partial charge is 0.253 e. The number of rotatable bonds is 2. The molecule has 104 valence electrons. The van der Waals surface area contributed by atoms with E-state index in [0.29, 0.717) is 10.6 Å². The molecule has 0 aliphatic heterocycles. The summed E-state index contributed by atoms with van der Waals surface area (Å²) in [4.78, 5) is 16.2. The first-order chi connectivity index (χ1) is 9.66. The average molecular weight is 291 g/mol. The van der Waals surface area contributed by atoms with Crippen LogP contribution in [0.4, 0.5) is 0 Å². The van der Waals surface area contributed by atoms with Gasteiger partial charge in [0.25, 0.3) is 5.91 Å². The van der Waals surface area contributed by atoms with Crippen LogP contribution in [0.3, 0.4) is 0 Å². The van der Waals surface area contributed by atoms with Crippen molar-refractivity contribution in [3.63, 3.8) is 0 Å². The lowest BCUT2D eigenvalue weighted by Gasteiger charge is -2.24. The van der Waals surface area contributed by atoms with Gasteiger partial charge in [0.1, 0.15) is 0 Å². The molecule has 2 heterocycles. The molecule has 0 bridgehead atoms. The molecule has 0 radical (unpaired) electrons. The van der Waals surface area contributed by atoms with E-state index in [1.807, 2.05) is 17.9 Å². The number of amides is 1. The number of fused-ring (bicyclic) bond motifs is 1. The quantitative estimate of drug-likeness (QED) is 0.923. The summed E-state index contributed by atoms with van der Waals surface area (Å²) in [7, 11) is 1.93. The van der Waals surface area contributed by atoms with Gasteiger partial charge in [-0.05, 0) is 25.3 Å². The van der Waals surface area contributed by atoms with E-state index in [4.69, 9.17) is 11.6 Å². The molecule has 20 heavy (non-hydrogen) atoms. The Morgan fingerprint density at radius 3 is 3.15 bits per heavy atom. The molecule has 2 aromatic heterocycles. The minimum Gasteiger partial charge on any atom is -0.345 e. The fourth-order valence-electron chi connectivity index (χ4n) is 2.65. The van der Waals surface area contributed by atoms with Crippen molar-refractivity contribution >= 4 is 17.5 Å².